The lowest BCUT2D eigenvalue weighted by Crippen LogP contribution is -2.46. The van der Waals surface area contributed by atoms with Crippen molar-refractivity contribution in [3.8, 4) is 5.75 Å². The van der Waals surface area contributed by atoms with E-state index in [4.69, 9.17) is 4.74 Å². The molecule has 1 aromatic carbocycles. The third-order valence-electron chi connectivity index (χ3n) is 5.11. The summed E-state index contributed by atoms with van der Waals surface area (Å²) in [7, 11) is 7.84. The zero-order valence-electron chi connectivity index (χ0n) is 16.5. The molecular weight excluding hydrogens is 406 g/mol. The molecule has 1 fully saturated rings. The summed E-state index contributed by atoms with van der Waals surface area (Å²) >= 11 is 3.59. The number of anilines is 2. The van der Waals surface area contributed by atoms with Crippen molar-refractivity contribution >= 4 is 27.6 Å². The lowest BCUT2D eigenvalue weighted by molar-refractivity contribution is 0.198. The van der Waals surface area contributed by atoms with E-state index in [0.717, 1.165) is 41.5 Å². The van der Waals surface area contributed by atoms with Crippen molar-refractivity contribution in [3.05, 3.63) is 40.6 Å². The summed E-state index contributed by atoms with van der Waals surface area (Å²) in [5.41, 5.74) is 1.29. The van der Waals surface area contributed by atoms with E-state index >= 15 is 0 Å². The van der Waals surface area contributed by atoms with Crippen LogP contribution in [0.1, 0.15) is 18.4 Å². The van der Waals surface area contributed by atoms with Gasteiger partial charge >= 0.3 is 0 Å². The fourth-order valence-electron chi connectivity index (χ4n) is 3.52. The number of hydrogen-bond donors (Lipinski definition) is 0. The van der Waals surface area contributed by atoms with E-state index in [1.165, 1.54) is 18.4 Å². The van der Waals surface area contributed by atoms with Crippen molar-refractivity contribution in [1.82, 2.24) is 14.9 Å². The maximum atomic E-state index is 5.33. The molecular formula is C20H28BrN5O. The first-order valence-corrected chi connectivity index (χ1v) is 10.0. The Labute approximate surface area is 170 Å². The minimum Gasteiger partial charge on any atom is -0.496 e. The standard InChI is InChI=1S/C20H28BrN5O/c1-24(2)19-11-20(23-14-22-19)25(3)16-6-5-9-26(13-16)12-15-7-8-18(27-4)17(21)10-15/h7-8,10-11,14,16H,5-6,9,12-13H2,1-4H3. The second-order valence-electron chi connectivity index (χ2n) is 7.24. The number of halogens is 1. The van der Waals surface area contributed by atoms with Crippen LogP contribution in [0.15, 0.2) is 35.1 Å². The van der Waals surface area contributed by atoms with Gasteiger partial charge in [-0.15, -0.1) is 0 Å². The van der Waals surface area contributed by atoms with Crippen molar-refractivity contribution in [1.29, 1.82) is 0 Å². The van der Waals surface area contributed by atoms with Crippen LogP contribution in [-0.2, 0) is 6.54 Å². The molecule has 1 aliphatic rings. The highest BCUT2D eigenvalue weighted by atomic mass is 79.9. The maximum absolute atomic E-state index is 5.33. The zero-order chi connectivity index (χ0) is 19.4. The quantitative estimate of drug-likeness (QED) is 0.695. The fraction of sp³-hybridized carbons (Fsp3) is 0.500. The Morgan fingerprint density at radius 1 is 1.19 bits per heavy atom. The average molecular weight is 434 g/mol. The molecule has 7 heteroatoms. The van der Waals surface area contributed by atoms with Crippen LogP contribution in [0, 0.1) is 0 Å². The molecule has 0 radical (unpaired) electrons. The van der Waals surface area contributed by atoms with Gasteiger partial charge in [-0.25, -0.2) is 9.97 Å². The zero-order valence-corrected chi connectivity index (χ0v) is 18.1. The van der Waals surface area contributed by atoms with Gasteiger partial charge in [-0.1, -0.05) is 6.07 Å². The Kier molecular flexibility index (Phi) is 6.55. The van der Waals surface area contributed by atoms with Crippen molar-refractivity contribution in [2.75, 3.05) is 51.1 Å². The van der Waals surface area contributed by atoms with Crippen molar-refractivity contribution in [3.63, 3.8) is 0 Å². The van der Waals surface area contributed by atoms with Gasteiger partial charge in [-0.2, -0.15) is 0 Å². The monoisotopic (exact) mass is 433 g/mol. The minimum atomic E-state index is 0.449. The molecule has 1 atom stereocenters. The van der Waals surface area contributed by atoms with Crippen LogP contribution in [0.2, 0.25) is 0 Å². The Morgan fingerprint density at radius 2 is 1.96 bits per heavy atom. The van der Waals surface area contributed by atoms with Crippen LogP contribution < -0.4 is 14.5 Å². The Hall–Kier alpha value is -1.86. The lowest BCUT2D eigenvalue weighted by atomic mass is 10.0. The molecule has 1 unspecified atom stereocenters. The molecule has 1 aromatic heterocycles. The van der Waals surface area contributed by atoms with Crippen molar-refractivity contribution in [2.45, 2.75) is 25.4 Å². The summed E-state index contributed by atoms with van der Waals surface area (Å²) in [6.45, 7) is 3.10. The van der Waals surface area contributed by atoms with Gasteiger partial charge in [0.15, 0.2) is 0 Å². The van der Waals surface area contributed by atoms with Gasteiger partial charge < -0.3 is 14.5 Å². The van der Waals surface area contributed by atoms with Gasteiger partial charge in [-0.05, 0) is 53.0 Å². The minimum absolute atomic E-state index is 0.449. The summed E-state index contributed by atoms with van der Waals surface area (Å²) in [4.78, 5) is 15.6. The molecule has 0 amide bonds. The van der Waals surface area contributed by atoms with E-state index in [1.54, 1.807) is 13.4 Å². The smallest absolute Gasteiger partial charge is 0.134 e. The topological polar surface area (TPSA) is 44.7 Å². The molecule has 0 spiro atoms. The first-order chi connectivity index (χ1) is 13.0. The molecule has 146 valence electrons. The maximum Gasteiger partial charge on any atom is 0.134 e. The van der Waals surface area contributed by atoms with Crippen LogP contribution >= 0.6 is 15.9 Å². The largest absolute Gasteiger partial charge is 0.496 e. The number of likely N-dealkylation sites (tertiary alicyclic amines) is 1. The number of hydrogen-bond acceptors (Lipinski definition) is 6. The lowest BCUT2D eigenvalue weighted by Gasteiger charge is -2.38. The highest BCUT2D eigenvalue weighted by molar-refractivity contribution is 9.10. The number of benzene rings is 1. The predicted octanol–water partition coefficient (Wildman–Crippen LogP) is 3.41. The molecule has 0 bridgehead atoms. The van der Waals surface area contributed by atoms with Gasteiger partial charge in [-0.3, -0.25) is 4.90 Å². The van der Waals surface area contributed by atoms with E-state index < -0.39 is 0 Å². The normalized spacial score (nSPS) is 17.6. The SMILES string of the molecule is COc1ccc(CN2CCCC(N(C)c3cc(N(C)C)ncn3)C2)cc1Br. The van der Waals surface area contributed by atoms with Gasteiger partial charge in [0.05, 0.1) is 11.6 Å². The van der Waals surface area contributed by atoms with E-state index in [-0.39, 0.29) is 0 Å². The molecule has 2 aromatic rings. The summed E-state index contributed by atoms with van der Waals surface area (Å²) in [5, 5.41) is 0. The molecule has 0 saturated carbocycles. The van der Waals surface area contributed by atoms with Crippen LogP contribution in [0.5, 0.6) is 5.75 Å². The van der Waals surface area contributed by atoms with Crippen LogP contribution in [0.3, 0.4) is 0 Å². The number of piperidine rings is 1. The van der Waals surface area contributed by atoms with Crippen molar-refractivity contribution < 1.29 is 4.74 Å². The number of aromatic nitrogens is 2. The van der Waals surface area contributed by atoms with Gasteiger partial charge in [0.25, 0.3) is 0 Å². The van der Waals surface area contributed by atoms with E-state index in [0.29, 0.717) is 6.04 Å². The number of likely N-dealkylation sites (N-methyl/N-ethyl adjacent to an activating group) is 1. The number of rotatable bonds is 6. The van der Waals surface area contributed by atoms with E-state index in [2.05, 4.69) is 60.9 Å². The van der Waals surface area contributed by atoms with E-state index in [1.807, 2.05) is 25.1 Å². The molecule has 1 aliphatic heterocycles. The highest BCUT2D eigenvalue weighted by Gasteiger charge is 2.24. The first kappa shape index (κ1) is 19.9. The van der Waals surface area contributed by atoms with Gasteiger partial charge in [0, 0.05) is 46.3 Å². The number of methoxy groups -OCH3 is 1. The molecule has 1 saturated heterocycles. The number of nitrogens with zero attached hydrogens (tertiary/aromatic N) is 5. The van der Waals surface area contributed by atoms with Gasteiger partial charge in [0.2, 0.25) is 0 Å². The Balaban J connectivity index is 1.66. The number of ether oxygens (including phenoxy) is 1. The summed E-state index contributed by atoms with van der Waals surface area (Å²) in [6.07, 6.45) is 4.02. The highest BCUT2D eigenvalue weighted by Crippen LogP contribution is 2.27. The van der Waals surface area contributed by atoms with E-state index in [9.17, 15) is 0 Å². The van der Waals surface area contributed by atoms with Crippen LogP contribution in [0.25, 0.3) is 0 Å². The molecule has 3 rings (SSSR count). The third-order valence-corrected chi connectivity index (χ3v) is 5.73. The Morgan fingerprint density at radius 3 is 2.67 bits per heavy atom. The molecule has 27 heavy (non-hydrogen) atoms. The molecule has 0 aliphatic carbocycles. The van der Waals surface area contributed by atoms with Crippen LogP contribution in [0.4, 0.5) is 11.6 Å². The fourth-order valence-corrected chi connectivity index (χ4v) is 4.11. The summed E-state index contributed by atoms with van der Waals surface area (Å²) in [6, 6.07) is 8.83. The third kappa shape index (κ3) is 4.90. The second kappa shape index (κ2) is 8.89. The second-order valence-corrected chi connectivity index (χ2v) is 8.09. The first-order valence-electron chi connectivity index (χ1n) is 9.25. The molecule has 0 N–H and O–H groups in total. The summed E-state index contributed by atoms with van der Waals surface area (Å²) < 4.78 is 6.34. The molecule has 6 nitrogen and oxygen atoms in total. The van der Waals surface area contributed by atoms with Crippen molar-refractivity contribution in [2.24, 2.45) is 0 Å². The molecule has 2 heterocycles. The predicted molar refractivity (Wildman–Crippen MR) is 114 cm³/mol. The summed E-state index contributed by atoms with van der Waals surface area (Å²) in [5.74, 6) is 2.78. The Bertz CT molecular complexity index is 770. The average Bonchev–Trinajstić information content (AvgIpc) is 2.68. The van der Waals surface area contributed by atoms with Gasteiger partial charge in [0.1, 0.15) is 23.7 Å². The van der Waals surface area contributed by atoms with Crippen LogP contribution in [-0.4, -0.2) is 62.3 Å².